The van der Waals surface area contributed by atoms with Crippen molar-refractivity contribution in [3.05, 3.63) is 61.4 Å². The van der Waals surface area contributed by atoms with E-state index < -0.39 is 27.1 Å². The number of nitro groups is 2. The van der Waals surface area contributed by atoms with Gasteiger partial charge in [0.1, 0.15) is 0 Å². The molecule has 0 spiro atoms. The zero-order chi connectivity index (χ0) is 20.4. The number of carbonyl (C=O) groups excluding carboxylic acids is 1. The van der Waals surface area contributed by atoms with Crippen LogP contribution < -0.4 is 0 Å². The Kier molecular flexibility index (Phi) is 5.36. The number of nitro benzene ring substituents is 2. The average Bonchev–Trinajstić information content (AvgIpc) is 2.98. The van der Waals surface area contributed by atoms with Gasteiger partial charge in [0.15, 0.2) is 0 Å². The van der Waals surface area contributed by atoms with Gasteiger partial charge in [-0.3, -0.25) is 34.6 Å². The topological polar surface area (TPSA) is 128 Å². The summed E-state index contributed by atoms with van der Waals surface area (Å²) in [5.41, 5.74) is 1.10. The Labute approximate surface area is 160 Å². The summed E-state index contributed by atoms with van der Waals surface area (Å²) in [6, 6.07) is 3.02. The lowest BCUT2D eigenvalue weighted by molar-refractivity contribution is -0.394. The fourth-order valence-electron chi connectivity index (χ4n) is 3.27. The highest BCUT2D eigenvalue weighted by atomic mass is 16.6. The Morgan fingerprint density at radius 1 is 1.07 bits per heavy atom. The molecule has 0 aliphatic carbocycles. The molecule has 0 atom stereocenters. The molecule has 148 valence electrons. The lowest BCUT2D eigenvalue weighted by Gasteiger charge is -2.34. The number of amides is 1. The Hall–Kier alpha value is -3.34. The van der Waals surface area contributed by atoms with Crippen molar-refractivity contribution in [3.63, 3.8) is 0 Å². The second-order valence-electron chi connectivity index (χ2n) is 6.73. The molecule has 3 rings (SSSR count). The number of aromatic nitrogens is 2. The maximum Gasteiger partial charge on any atom is 0.277 e. The standard InChI is InChI=1S/C17H20N6O5/c1-12-14(10-19(2)18-12)11-20-3-5-21(6-4-20)17(24)13-7-15(22(25)26)9-16(8-13)23(27)28/h7-10H,3-6,11H2,1-2H3. The van der Waals surface area contributed by atoms with Crippen LogP contribution in [0.5, 0.6) is 0 Å². The first-order valence-electron chi connectivity index (χ1n) is 8.69. The third kappa shape index (κ3) is 4.14. The highest BCUT2D eigenvalue weighted by Crippen LogP contribution is 2.24. The van der Waals surface area contributed by atoms with Gasteiger partial charge in [-0.15, -0.1) is 0 Å². The predicted molar refractivity (Wildman–Crippen MR) is 98.9 cm³/mol. The quantitative estimate of drug-likeness (QED) is 0.561. The summed E-state index contributed by atoms with van der Waals surface area (Å²) in [5, 5.41) is 26.4. The summed E-state index contributed by atoms with van der Waals surface area (Å²) in [4.78, 5) is 37.0. The molecule has 1 aromatic heterocycles. The number of non-ortho nitro benzene ring substituents is 2. The minimum absolute atomic E-state index is 0.0440. The fraction of sp³-hybridized carbons (Fsp3) is 0.412. The van der Waals surface area contributed by atoms with Crippen LogP contribution in [0.2, 0.25) is 0 Å². The molecule has 0 unspecified atom stereocenters. The van der Waals surface area contributed by atoms with Gasteiger partial charge in [-0.05, 0) is 6.92 Å². The first-order chi connectivity index (χ1) is 13.2. The van der Waals surface area contributed by atoms with Gasteiger partial charge in [0, 0.05) is 63.7 Å². The molecule has 1 amide bonds. The molecular formula is C17H20N6O5. The Balaban J connectivity index is 1.69. The largest absolute Gasteiger partial charge is 0.336 e. The zero-order valence-corrected chi connectivity index (χ0v) is 15.6. The number of aryl methyl sites for hydroxylation is 2. The summed E-state index contributed by atoms with van der Waals surface area (Å²) in [6.07, 6.45) is 1.97. The monoisotopic (exact) mass is 388 g/mol. The summed E-state index contributed by atoms with van der Waals surface area (Å²) >= 11 is 0. The van der Waals surface area contributed by atoms with Gasteiger partial charge in [0.05, 0.1) is 27.2 Å². The number of hydrogen-bond donors (Lipinski definition) is 0. The molecule has 0 radical (unpaired) electrons. The number of carbonyl (C=O) groups is 1. The Morgan fingerprint density at radius 2 is 1.64 bits per heavy atom. The van der Waals surface area contributed by atoms with Crippen LogP contribution >= 0.6 is 0 Å². The van der Waals surface area contributed by atoms with Crippen molar-refractivity contribution in [2.24, 2.45) is 7.05 Å². The van der Waals surface area contributed by atoms with Gasteiger partial charge < -0.3 is 4.90 Å². The van der Waals surface area contributed by atoms with E-state index >= 15 is 0 Å². The van der Waals surface area contributed by atoms with Gasteiger partial charge in [-0.25, -0.2) is 0 Å². The van der Waals surface area contributed by atoms with Crippen LogP contribution in [0, 0.1) is 27.2 Å². The fourth-order valence-corrected chi connectivity index (χ4v) is 3.27. The highest BCUT2D eigenvalue weighted by Gasteiger charge is 2.26. The van der Waals surface area contributed by atoms with Crippen molar-refractivity contribution in [2.75, 3.05) is 26.2 Å². The molecule has 1 fully saturated rings. The minimum Gasteiger partial charge on any atom is -0.336 e. The second kappa shape index (κ2) is 7.72. The molecule has 28 heavy (non-hydrogen) atoms. The molecule has 0 N–H and O–H groups in total. The summed E-state index contributed by atoms with van der Waals surface area (Å²) in [7, 11) is 1.87. The molecule has 1 aliphatic rings. The first kappa shape index (κ1) is 19.4. The summed E-state index contributed by atoms with van der Waals surface area (Å²) in [6.45, 7) is 4.83. The van der Waals surface area contributed by atoms with Crippen LogP contribution in [0.15, 0.2) is 24.4 Å². The van der Waals surface area contributed by atoms with Crippen LogP contribution in [0.1, 0.15) is 21.6 Å². The summed E-state index contributed by atoms with van der Waals surface area (Å²) < 4.78 is 1.76. The van der Waals surface area contributed by atoms with Crippen LogP contribution in [-0.4, -0.2) is 61.5 Å². The lowest BCUT2D eigenvalue weighted by atomic mass is 10.1. The number of nitrogens with zero attached hydrogens (tertiary/aromatic N) is 6. The molecule has 11 heteroatoms. The minimum atomic E-state index is -0.738. The van der Waals surface area contributed by atoms with Crippen molar-refractivity contribution < 1.29 is 14.6 Å². The second-order valence-corrected chi connectivity index (χ2v) is 6.73. The molecule has 1 aromatic carbocycles. The summed E-state index contributed by atoms with van der Waals surface area (Å²) in [5.74, 6) is -0.441. The van der Waals surface area contributed by atoms with Crippen molar-refractivity contribution >= 4 is 17.3 Å². The molecule has 1 saturated heterocycles. The number of benzene rings is 1. The van der Waals surface area contributed by atoms with E-state index in [4.69, 9.17) is 0 Å². The van der Waals surface area contributed by atoms with E-state index in [0.717, 1.165) is 36.0 Å². The Bertz CT molecular complexity index is 900. The smallest absolute Gasteiger partial charge is 0.277 e. The van der Waals surface area contributed by atoms with E-state index in [1.807, 2.05) is 20.2 Å². The first-order valence-corrected chi connectivity index (χ1v) is 8.69. The van der Waals surface area contributed by atoms with E-state index in [-0.39, 0.29) is 5.56 Å². The van der Waals surface area contributed by atoms with Gasteiger partial charge in [-0.2, -0.15) is 5.10 Å². The van der Waals surface area contributed by atoms with Crippen LogP contribution in [0.25, 0.3) is 0 Å². The molecule has 11 nitrogen and oxygen atoms in total. The maximum absolute atomic E-state index is 12.7. The maximum atomic E-state index is 12.7. The van der Waals surface area contributed by atoms with Gasteiger partial charge >= 0.3 is 0 Å². The van der Waals surface area contributed by atoms with E-state index in [2.05, 4.69) is 10.00 Å². The SMILES string of the molecule is Cc1nn(C)cc1CN1CCN(C(=O)c2cc([N+](=O)[O-])cc([N+](=O)[O-])c2)CC1. The molecule has 0 saturated carbocycles. The van der Waals surface area contributed by atoms with Crippen molar-refractivity contribution in [1.29, 1.82) is 0 Å². The van der Waals surface area contributed by atoms with Crippen LogP contribution in [-0.2, 0) is 13.6 Å². The number of piperazine rings is 1. The highest BCUT2D eigenvalue weighted by molar-refractivity contribution is 5.95. The zero-order valence-electron chi connectivity index (χ0n) is 15.6. The lowest BCUT2D eigenvalue weighted by Crippen LogP contribution is -2.48. The Morgan fingerprint density at radius 3 is 2.11 bits per heavy atom. The van der Waals surface area contributed by atoms with E-state index in [1.54, 1.807) is 9.58 Å². The normalized spacial score (nSPS) is 14.9. The third-order valence-electron chi connectivity index (χ3n) is 4.74. The van der Waals surface area contributed by atoms with Crippen molar-refractivity contribution in [3.8, 4) is 0 Å². The molecule has 2 heterocycles. The van der Waals surface area contributed by atoms with Crippen LogP contribution in [0.3, 0.4) is 0 Å². The number of rotatable bonds is 5. The molecule has 0 bridgehead atoms. The molecule has 1 aliphatic heterocycles. The van der Waals surface area contributed by atoms with E-state index in [9.17, 15) is 25.0 Å². The average molecular weight is 388 g/mol. The van der Waals surface area contributed by atoms with Crippen molar-refractivity contribution in [1.82, 2.24) is 19.6 Å². The predicted octanol–water partition coefficient (Wildman–Crippen LogP) is 1.50. The molecular weight excluding hydrogens is 368 g/mol. The van der Waals surface area contributed by atoms with Crippen molar-refractivity contribution in [2.45, 2.75) is 13.5 Å². The molecule has 2 aromatic rings. The van der Waals surface area contributed by atoms with E-state index in [1.165, 1.54) is 0 Å². The van der Waals surface area contributed by atoms with Crippen LogP contribution in [0.4, 0.5) is 11.4 Å². The van der Waals surface area contributed by atoms with Gasteiger partial charge in [0.2, 0.25) is 0 Å². The third-order valence-corrected chi connectivity index (χ3v) is 4.74. The van der Waals surface area contributed by atoms with E-state index in [0.29, 0.717) is 26.2 Å². The van der Waals surface area contributed by atoms with Gasteiger partial charge in [0.25, 0.3) is 17.3 Å². The number of hydrogen-bond acceptors (Lipinski definition) is 7. The van der Waals surface area contributed by atoms with Gasteiger partial charge in [-0.1, -0.05) is 0 Å².